The monoisotopic (exact) mass is 345 g/mol. The molecule has 2 fully saturated rings. The molecule has 2 atom stereocenters. The summed E-state index contributed by atoms with van der Waals surface area (Å²) >= 11 is 0. The van der Waals surface area contributed by atoms with Gasteiger partial charge in [0.25, 0.3) is 11.6 Å². The van der Waals surface area contributed by atoms with Crippen LogP contribution in [0.1, 0.15) is 42.5 Å². The van der Waals surface area contributed by atoms with E-state index in [9.17, 15) is 19.7 Å². The van der Waals surface area contributed by atoms with Gasteiger partial charge in [-0.05, 0) is 30.7 Å². The van der Waals surface area contributed by atoms with Gasteiger partial charge >= 0.3 is 0 Å². The van der Waals surface area contributed by atoms with Crippen LogP contribution < -0.4 is 5.32 Å². The van der Waals surface area contributed by atoms with Crippen LogP contribution in [0.3, 0.4) is 0 Å². The second kappa shape index (κ2) is 7.63. The minimum Gasteiger partial charge on any atom is -0.343 e. The van der Waals surface area contributed by atoms with Gasteiger partial charge in [-0.2, -0.15) is 0 Å². The van der Waals surface area contributed by atoms with E-state index in [2.05, 4.69) is 5.32 Å². The molecule has 1 aliphatic carbocycles. The second-order valence-electron chi connectivity index (χ2n) is 6.92. The van der Waals surface area contributed by atoms with Gasteiger partial charge in [-0.15, -0.1) is 0 Å². The average molecular weight is 345 g/mol. The van der Waals surface area contributed by atoms with Gasteiger partial charge < -0.3 is 10.2 Å². The Bertz CT molecular complexity index is 676. The summed E-state index contributed by atoms with van der Waals surface area (Å²) in [5.74, 6) is 0.795. The van der Waals surface area contributed by atoms with Gasteiger partial charge in [-0.1, -0.05) is 25.3 Å². The maximum absolute atomic E-state index is 12.4. The summed E-state index contributed by atoms with van der Waals surface area (Å²) in [6.45, 7) is 1.47. The van der Waals surface area contributed by atoms with E-state index in [0.717, 1.165) is 25.4 Å². The van der Waals surface area contributed by atoms with Crippen LogP contribution in [-0.2, 0) is 4.79 Å². The number of carbonyl (C=O) groups excluding carboxylic acids is 2. The summed E-state index contributed by atoms with van der Waals surface area (Å²) < 4.78 is 0. The molecule has 134 valence electrons. The number of carbonyl (C=O) groups is 2. The van der Waals surface area contributed by atoms with Gasteiger partial charge in [0.15, 0.2) is 0 Å². The first-order valence-corrected chi connectivity index (χ1v) is 8.85. The summed E-state index contributed by atoms with van der Waals surface area (Å²) in [6, 6.07) is 5.51. The molecule has 2 aliphatic rings. The van der Waals surface area contributed by atoms with Gasteiger partial charge in [-0.25, -0.2) is 0 Å². The summed E-state index contributed by atoms with van der Waals surface area (Å²) in [5, 5.41) is 13.4. The number of fused-ring (bicyclic) bond motifs is 1. The van der Waals surface area contributed by atoms with Gasteiger partial charge in [0, 0.05) is 30.8 Å². The van der Waals surface area contributed by atoms with Crippen LogP contribution in [0.2, 0.25) is 0 Å². The van der Waals surface area contributed by atoms with Crippen LogP contribution in [0.15, 0.2) is 24.3 Å². The number of hydrogen-bond acceptors (Lipinski definition) is 4. The van der Waals surface area contributed by atoms with Crippen molar-refractivity contribution >= 4 is 17.5 Å². The minimum atomic E-state index is -0.545. The van der Waals surface area contributed by atoms with Gasteiger partial charge in [0.05, 0.1) is 11.5 Å². The fourth-order valence-electron chi connectivity index (χ4n) is 3.96. The number of nitro groups is 1. The predicted molar refractivity (Wildman–Crippen MR) is 92.1 cm³/mol. The number of hydrogen-bond donors (Lipinski definition) is 1. The Morgan fingerprint density at radius 3 is 2.72 bits per heavy atom. The Hall–Kier alpha value is -2.44. The summed E-state index contributed by atoms with van der Waals surface area (Å²) in [5.41, 5.74) is 0.0475. The zero-order valence-corrected chi connectivity index (χ0v) is 14.1. The fourth-order valence-corrected chi connectivity index (χ4v) is 3.96. The topological polar surface area (TPSA) is 92.6 Å². The van der Waals surface area contributed by atoms with Crippen LogP contribution in [0, 0.1) is 22.0 Å². The van der Waals surface area contributed by atoms with Gasteiger partial charge in [0.1, 0.15) is 0 Å². The third-order valence-electron chi connectivity index (χ3n) is 5.36. The quantitative estimate of drug-likeness (QED) is 0.670. The second-order valence-corrected chi connectivity index (χ2v) is 6.92. The van der Waals surface area contributed by atoms with Crippen molar-refractivity contribution in [2.45, 2.75) is 32.1 Å². The Balaban J connectivity index is 1.52. The lowest BCUT2D eigenvalue weighted by Gasteiger charge is -2.41. The molecule has 0 spiro atoms. The Labute approximate surface area is 146 Å². The molecule has 1 saturated heterocycles. The van der Waals surface area contributed by atoms with Crippen molar-refractivity contribution in [2.24, 2.45) is 11.8 Å². The maximum Gasteiger partial charge on any atom is 0.270 e. The van der Waals surface area contributed by atoms with E-state index in [-0.39, 0.29) is 23.7 Å². The Kier molecular flexibility index (Phi) is 5.31. The largest absolute Gasteiger partial charge is 0.343 e. The van der Waals surface area contributed by atoms with Crippen molar-refractivity contribution in [1.82, 2.24) is 10.2 Å². The maximum atomic E-state index is 12.4. The van der Waals surface area contributed by atoms with Crippen molar-refractivity contribution in [2.75, 3.05) is 19.6 Å². The van der Waals surface area contributed by atoms with Gasteiger partial charge in [-0.3, -0.25) is 19.7 Å². The number of nitro benzene ring substituents is 1. The van der Waals surface area contributed by atoms with E-state index in [1.54, 1.807) is 0 Å². The lowest BCUT2D eigenvalue weighted by atomic mass is 9.75. The number of rotatable bonds is 4. The molecule has 2 amide bonds. The smallest absolute Gasteiger partial charge is 0.270 e. The van der Waals surface area contributed by atoms with Crippen LogP contribution in [-0.4, -0.2) is 41.3 Å². The first-order valence-electron chi connectivity index (χ1n) is 8.85. The molecular weight excluding hydrogens is 322 g/mol. The zero-order valence-electron chi connectivity index (χ0n) is 14.1. The third-order valence-corrected chi connectivity index (χ3v) is 5.36. The molecule has 2 unspecified atom stereocenters. The van der Waals surface area contributed by atoms with Crippen molar-refractivity contribution in [1.29, 1.82) is 0 Å². The molecule has 7 nitrogen and oxygen atoms in total. The first kappa shape index (κ1) is 17.4. The molecule has 3 rings (SSSR count). The number of benzene rings is 1. The predicted octanol–water partition coefficient (Wildman–Crippen LogP) is 2.36. The summed E-state index contributed by atoms with van der Waals surface area (Å²) in [6.07, 6.45) is 6.06. The van der Waals surface area contributed by atoms with Gasteiger partial charge in [0.2, 0.25) is 5.91 Å². The number of amides is 2. The van der Waals surface area contributed by atoms with E-state index in [1.165, 1.54) is 49.9 Å². The highest BCUT2D eigenvalue weighted by molar-refractivity contribution is 5.96. The van der Waals surface area contributed by atoms with E-state index in [0.29, 0.717) is 5.92 Å². The zero-order chi connectivity index (χ0) is 17.8. The molecular formula is C18H23N3O4. The molecule has 0 bridgehead atoms. The molecule has 1 aliphatic heterocycles. The van der Waals surface area contributed by atoms with E-state index < -0.39 is 10.8 Å². The third kappa shape index (κ3) is 4.15. The fraction of sp³-hybridized carbons (Fsp3) is 0.556. The highest BCUT2D eigenvalue weighted by Crippen LogP contribution is 2.35. The summed E-state index contributed by atoms with van der Waals surface area (Å²) in [4.78, 5) is 36.6. The molecule has 1 N–H and O–H groups in total. The SMILES string of the molecule is O=C(NCC(=O)N1CCC2CCCCC2C1)c1cccc([N+](=O)[O-])c1. The number of piperidine rings is 1. The molecule has 1 saturated carbocycles. The van der Waals surface area contributed by atoms with Crippen LogP contribution >= 0.6 is 0 Å². The van der Waals surface area contributed by atoms with Crippen molar-refractivity contribution in [3.8, 4) is 0 Å². The molecule has 0 aromatic heterocycles. The summed E-state index contributed by atoms with van der Waals surface area (Å²) in [7, 11) is 0. The average Bonchev–Trinajstić information content (AvgIpc) is 2.65. The van der Waals surface area contributed by atoms with Crippen LogP contribution in [0.4, 0.5) is 5.69 Å². The van der Waals surface area contributed by atoms with Crippen molar-refractivity contribution in [3.05, 3.63) is 39.9 Å². The first-order chi connectivity index (χ1) is 12.0. The molecule has 1 heterocycles. The molecule has 1 aromatic carbocycles. The van der Waals surface area contributed by atoms with Crippen molar-refractivity contribution in [3.63, 3.8) is 0 Å². The lowest BCUT2D eigenvalue weighted by Crippen LogP contribution is -2.48. The van der Waals surface area contributed by atoms with Crippen LogP contribution in [0.5, 0.6) is 0 Å². The van der Waals surface area contributed by atoms with Crippen molar-refractivity contribution < 1.29 is 14.5 Å². The van der Waals surface area contributed by atoms with E-state index >= 15 is 0 Å². The Morgan fingerprint density at radius 2 is 1.96 bits per heavy atom. The molecule has 1 aromatic rings. The highest BCUT2D eigenvalue weighted by atomic mass is 16.6. The number of non-ortho nitro benzene ring substituents is 1. The van der Waals surface area contributed by atoms with E-state index in [1.807, 2.05) is 4.90 Å². The molecule has 0 radical (unpaired) electrons. The number of nitrogens with zero attached hydrogens (tertiary/aromatic N) is 2. The molecule has 7 heteroatoms. The minimum absolute atomic E-state index is 0.0705. The Morgan fingerprint density at radius 1 is 1.20 bits per heavy atom. The van der Waals surface area contributed by atoms with Crippen LogP contribution in [0.25, 0.3) is 0 Å². The van der Waals surface area contributed by atoms with E-state index in [4.69, 9.17) is 0 Å². The highest BCUT2D eigenvalue weighted by Gasteiger charge is 2.32. The standard InChI is InChI=1S/C18H23N3O4/c22-17(20-9-8-13-4-1-2-5-15(13)12-20)11-19-18(23)14-6-3-7-16(10-14)21(24)25/h3,6-7,10,13,15H,1-2,4-5,8-9,11-12H2,(H,19,23). The number of nitrogens with one attached hydrogen (secondary N) is 1. The molecule has 25 heavy (non-hydrogen) atoms. The number of likely N-dealkylation sites (tertiary alicyclic amines) is 1. The normalized spacial score (nSPS) is 22.8. The lowest BCUT2D eigenvalue weighted by molar-refractivity contribution is -0.384.